The molecule has 0 saturated heterocycles. The Balaban J connectivity index is 2.26. The SMILES string of the molecule is CCCCCN(CC(=O)Nc1cc(C(C)(C)C)nn1-c1ccccc1Cl)C(C)=O. The molecule has 0 fully saturated rings. The fourth-order valence-corrected chi connectivity index (χ4v) is 3.12. The fraction of sp³-hybridized carbons (Fsp3) is 0.500. The lowest BCUT2D eigenvalue weighted by Crippen LogP contribution is -2.37. The predicted octanol–water partition coefficient (Wildman–Crippen LogP) is 4.80. The highest BCUT2D eigenvalue weighted by atomic mass is 35.5. The molecule has 7 heteroatoms. The molecule has 2 aromatic rings. The van der Waals surface area contributed by atoms with Gasteiger partial charge in [-0.15, -0.1) is 0 Å². The summed E-state index contributed by atoms with van der Waals surface area (Å²) < 4.78 is 1.65. The van der Waals surface area contributed by atoms with Crippen LogP contribution in [0, 0.1) is 0 Å². The fourth-order valence-electron chi connectivity index (χ4n) is 2.90. The molecule has 2 rings (SSSR count). The third-order valence-corrected chi connectivity index (χ3v) is 4.96. The average Bonchev–Trinajstić information content (AvgIpc) is 3.05. The van der Waals surface area contributed by atoms with Gasteiger partial charge in [0.2, 0.25) is 11.8 Å². The summed E-state index contributed by atoms with van der Waals surface area (Å²) in [5, 5.41) is 8.13. The number of carbonyl (C=O) groups excluding carboxylic acids is 2. The molecular formula is C22H31ClN4O2. The van der Waals surface area contributed by atoms with E-state index in [-0.39, 0.29) is 23.8 Å². The van der Waals surface area contributed by atoms with Crippen LogP contribution in [0.2, 0.25) is 5.02 Å². The molecule has 158 valence electrons. The van der Waals surface area contributed by atoms with E-state index in [1.807, 2.05) is 24.3 Å². The Hall–Kier alpha value is -2.34. The second-order valence-corrected chi connectivity index (χ2v) is 8.63. The molecule has 0 saturated carbocycles. The zero-order valence-electron chi connectivity index (χ0n) is 18.0. The van der Waals surface area contributed by atoms with E-state index >= 15 is 0 Å². The Kier molecular flexibility index (Phi) is 7.85. The number of halogens is 1. The molecule has 0 bridgehead atoms. The van der Waals surface area contributed by atoms with Crippen molar-refractivity contribution in [2.24, 2.45) is 0 Å². The quantitative estimate of drug-likeness (QED) is 0.626. The van der Waals surface area contributed by atoms with Crippen molar-refractivity contribution in [1.82, 2.24) is 14.7 Å². The zero-order valence-corrected chi connectivity index (χ0v) is 18.7. The summed E-state index contributed by atoms with van der Waals surface area (Å²) in [4.78, 5) is 26.2. The van der Waals surface area contributed by atoms with Crippen molar-refractivity contribution >= 4 is 29.2 Å². The van der Waals surface area contributed by atoms with Crippen molar-refractivity contribution in [2.75, 3.05) is 18.4 Å². The van der Waals surface area contributed by atoms with Gasteiger partial charge >= 0.3 is 0 Å². The lowest BCUT2D eigenvalue weighted by Gasteiger charge is -2.20. The maximum absolute atomic E-state index is 12.7. The van der Waals surface area contributed by atoms with Crippen LogP contribution in [0.25, 0.3) is 5.69 Å². The van der Waals surface area contributed by atoms with Gasteiger partial charge in [0.15, 0.2) is 0 Å². The van der Waals surface area contributed by atoms with Gasteiger partial charge < -0.3 is 10.2 Å². The Morgan fingerprint density at radius 1 is 1.21 bits per heavy atom. The molecule has 0 aliphatic heterocycles. The van der Waals surface area contributed by atoms with E-state index in [0.29, 0.717) is 23.1 Å². The summed E-state index contributed by atoms with van der Waals surface area (Å²) in [6.07, 6.45) is 2.97. The van der Waals surface area contributed by atoms with E-state index in [1.165, 1.54) is 6.92 Å². The molecule has 6 nitrogen and oxygen atoms in total. The smallest absolute Gasteiger partial charge is 0.245 e. The van der Waals surface area contributed by atoms with Crippen LogP contribution < -0.4 is 5.32 Å². The first-order chi connectivity index (χ1) is 13.6. The molecule has 1 aromatic heterocycles. The minimum atomic E-state index is -0.259. The van der Waals surface area contributed by atoms with Crippen LogP contribution in [0.3, 0.4) is 0 Å². The Morgan fingerprint density at radius 2 is 1.90 bits per heavy atom. The van der Waals surface area contributed by atoms with Crippen LogP contribution in [0.4, 0.5) is 5.82 Å². The average molecular weight is 419 g/mol. The van der Waals surface area contributed by atoms with Crippen molar-refractivity contribution in [3.8, 4) is 5.69 Å². The second-order valence-electron chi connectivity index (χ2n) is 8.22. The van der Waals surface area contributed by atoms with Crippen LogP contribution in [-0.2, 0) is 15.0 Å². The molecule has 0 radical (unpaired) electrons. The molecule has 0 aliphatic carbocycles. The maximum atomic E-state index is 12.7. The van der Waals surface area contributed by atoms with Crippen molar-refractivity contribution in [3.05, 3.63) is 41.0 Å². The van der Waals surface area contributed by atoms with Gasteiger partial charge in [0.05, 0.1) is 22.9 Å². The second kappa shape index (κ2) is 9.92. The highest BCUT2D eigenvalue weighted by Gasteiger charge is 2.23. The number of unbranched alkanes of at least 4 members (excludes halogenated alkanes) is 2. The first-order valence-electron chi connectivity index (χ1n) is 10.0. The van der Waals surface area contributed by atoms with Crippen LogP contribution in [0.15, 0.2) is 30.3 Å². The minimum Gasteiger partial charge on any atom is -0.334 e. The van der Waals surface area contributed by atoms with E-state index in [0.717, 1.165) is 25.0 Å². The summed E-state index contributed by atoms with van der Waals surface area (Å²) in [5.74, 6) is 0.168. The molecule has 2 amide bonds. The van der Waals surface area contributed by atoms with Gasteiger partial charge in [-0.05, 0) is 18.6 Å². The summed E-state index contributed by atoms with van der Waals surface area (Å²) >= 11 is 6.36. The van der Waals surface area contributed by atoms with E-state index in [1.54, 1.807) is 15.6 Å². The number of hydrogen-bond donors (Lipinski definition) is 1. The van der Waals surface area contributed by atoms with Gasteiger partial charge in [0.1, 0.15) is 5.82 Å². The lowest BCUT2D eigenvalue weighted by atomic mass is 9.92. The van der Waals surface area contributed by atoms with E-state index in [4.69, 9.17) is 11.6 Å². The van der Waals surface area contributed by atoms with E-state index in [2.05, 4.69) is 38.1 Å². The molecule has 1 heterocycles. The number of nitrogens with one attached hydrogen (secondary N) is 1. The molecule has 29 heavy (non-hydrogen) atoms. The van der Waals surface area contributed by atoms with Crippen LogP contribution in [0.1, 0.15) is 59.6 Å². The largest absolute Gasteiger partial charge is 0.334 e. The van der Waals surface area contributed by atoms with Crippen LogP contribution in [0.5, 0.6) is 0 Å². The van der Waals surface area contributed by atoms with Crippen molar-refractivity contribution in [2.45, 2.75) is 59.3 Å². The predicted molar refractivity (Wildman–Crippen MR) is 118 cm³/mol. The van der Waals surface area contributed by atoms with E-state index < -0.39 is 0 Å². The Morgan fingerprint density at radius 3 is 2.48 bits per heavy atom. The normalized spacial score (nSPS) is 11.4. The zero-order chi connectivity index (χ0) is 21.6. The van der Waals surface area contributed by atoms with Crippen molar-refractivity contribution < 1.29 is 9.59 Å². The highest BCUT2D eigenvalue weighted by molar-refractivity contribution is 6.32. The third kappa shape index (κ3) is 6.32. The standard InChI is InChI=1S/C22H31ClN4O2/c1-6-7-10-13-26(16(2)28)15-21(29)24-20-14-19(22(3,4)5)25-27(20)18-12-9-8-11-17(18)23/h8-9,11-12,14H,6-7,10,13,15H2,1-5H3,(H,24,29). The molecule has 0 spiro atoms. The number of benzene rings is 1. The molecule has 0 atom stereocenters. The van der Waals surface area contributed by atoms with Crippen LogP contribution in [-0.4, -0.2) is 39.6 Å². The Bertz CT molecular complexity index is 855. The number of para-hydroxylation sites is 1. The molecule has 0 unspecified atom stereocenters. The number of amides is 2. The lowest BCUT2D eigenvalue weighted by molar-refractivity contribution is -0.132. The Labute approximate surface area is 178 Å². The number of aromatic nitrogens is 2. The molecular weight excluding hydrogens is 388 g/mol. The third-order valence-electron chi connectivity index (χ3n) is 4.64. The molecule has 0 aliphatic rings. The minimum absolute atomic E-state index is 0.0115. The summed E-state index contributed by atoms with van der Waals surface area (Å²) in [6.45, 7) is 10.4. The number of anilines is 1. The molecule has 1 N–H and O–H groups in total. The molecule has 1 aromatic carbocycles. The van der Waals surface area contributed by atoms with Gasteiger partial charge in [-0.3, -0.25) is 9.59 Å². The summed E-state index contributed by atoms with van der Waals surface area (Å²) in [6, 6.07) is 9.21. The topological polar surface area (TPSA) is 67.2 Å². The van der Waals surface area contributed by atoms with E-state index in [9.17, 15) is 9.59 Å². The first kappa shape index (κ1) is 22.9. The summed E-state index contributed by atoms with van der Waals surface area (Å²) in [7, 11) is 0. The monoisotopic (exact) mass is 418 g/mol. The number of hydrogen-bond acceptors (Lipinski definition) is 3. The van der Waals surface area contributed by atoms with Crippen LogP contribution >= 0.6 is 11.6 Å². The first-order valence-corrected chi connectivity index (χ1v) is 10.4. The highest BCUT2D eigenvalue weighted by Crippen LogP contribution is 2.29. The van der Waals surface area contributed by atoms with Gasteiger partial charge in [0, 0.05) is 24.9 Å². The number of carbonyl (C=O) groups is 2. The van der Waals surface area contributed by atoms with Gasteiger partial charge in [-0.25, -0.2) is 4.68 Å². The van der Waals surface area contributed by atoms with Crippen molar-refractivity contribution in [3.63, 3.8) is 0 Å². The van der Waals surface area contributed by atoms with Gasteiger partial charge in [0.25, 0.3) is 0 Å². The number of nitrogens with zero attached hydrogens (tertiary/aromatic N) is 3. The van der Waals surface area contributed by atoms with Gasteiger partial charge in [-0.1, -0.05) is 64.3 Å². The number of rotatable bonds is 8. The summed E-state index contributed by atoms with van der Waals surface area (Å²) in [5.41, 5.74) is 1.32. The van der Waals surface area contributed by atoms with Gasteiger partial charge in [-0.2, -0.15) is 5.10 Å². The maximum Gasteiger partial charge on any atom is 0.245 e. The van der Waals surface area contributed by atoms with Crippen molar-refractivity contribution in [1.29, 1.82) is 0 Å².